The van der Waals surface area contributed by atoms with Crippen molar-refractivity contribution in [3.8, 4) is 0 Å². The Hall–Kier alpha value is -3.09. The van der Waals surface area contributed by atoms with Crippen molar-refractivity contribution in [3.63, 3.8) is 0 Å². The highest BCUT2D eigenvalue weighted by molar-refractivity contribution is 7.99. The van der Waals surface area contributed by atoms with Crippen LogP contribution in [0, 0.1) is 0 Å². The fraction of sp³-hybridized carbons (Fsp3) is 0.125. The van der Waals surface area contributed by atoms with Crippen LogP contribution in [0.25, 0.3) is 11.0 Å². The van der Waals surface area contributed by atoms with Crippen LogP contribution in [0.5, 0.6) is 0 Å². The Bertz CT molecular complexity index is 1240. The van der Waals surface area contributed by atoms with Gasteiger partial charge in [0, 0.05) is 5.02 Å². The summed E-state index contributed by atoms with van der Waals surface area (Å²) in [5.41, 5.74) is 7.25. The van der Waals surface area contributed by atoms with Gasteiger partial charge in [-0.15, -0.1) is 0 Å². The number of halogens is 1. The van der Waals surface area contributed by atoms with Crippen molar-refractivity contribution < 1.29 is 4.79 Å². The lowest BCUT2D eigenvalue weighted by Crippen LogP contribution is -2.21. The highest BCUT2D eigenvalue weighted by atomic mass is 35.5. The van der Waals surface area contributed by atoms with Gasteiger partial charge in [-0.2, -0.15) is 5.10 Å². The second-order valence-electron chi connectivity index (χ2n) is 6.95. The van der Waals surface area contributed by atoms with Crippen molar-refractivity contribution >= 4 is 46.0 Å². The zero-order valence-corrected chi connectivity index (χ0v) is 18.5. The Balaban J connectivity index is 1.49. The van der Waals surface area contributed by atoms with Gasteiger partial charge in [0.1, 0.15) is 0 Å². The third-order valence-electron chi connectivity index (χ3n) is 4.78. The molecule has 0 bridgehead atoms. The molecule has 0 aliphatic rings. The third-order valence-corrected chi connectivity index (χ3v) is 6.12. The van der Waals surface area contributed by atoms with Gasteiger partial charge in [0.15, 0.2) is 5.16 Å². The number of fused-ring (bicyclic) bond motifs is 1. The topological polar surface area (TPSA) is 59.3 Å². The minimum absolute atomic E-state index is 0.184. The first-order valence-corrected chi connectivity index (χ1v) is 11.2. The van der Waals surface area contributed by atoms with Crippen molar-refractivity contribution in [2.45, 2.75) is 18.6 Å². The predicted molar refractivity (Wildman–Crippen MR) is 128 cm³/mol. The van der Waals surface area contributed by atoms with E-state index in [2.05, 4.69) is 15.1 Å². The van der Waals surface area contributed by atoms with Gasteiger partial charge < -0.3 is 4.57 Å². The summed E-state index contributed by atoms with van der Waals surface area (Å²) in [6.45, 7) is 2.45. The molecule has 1 heterocycles. The molecule has 0 aliphatic carbocycles. The number of hydrazone groups is 1. The van der Waals surface area contributed by atoms with Crippen molar-refractivity contribution in [2.24, 2.45) is 5.10 Å². The number of hydrogen-bond donors (Lipinski definition) is 1. The Morgan fingerprint density at radius 1 is 1.03 bits per heavy atom. The van der Waals surface area contributed by atoms with E-state index in [9.17, 15) is 4.79 Å². The number of benzene rings is 3. The first-order valence-electron chi connectivity index (χ1n) is 9.82. The van der Waals surface area contributed by atoms with Gasteiger partial charge in [-0.3, -0.25) is 4.79 Å². The summed E-state index contributed by atoms with van der Waals surface area (Å²) in [6.07, 6.45) is 0. The number of hydrogen-bond acceptors (Lipinski definition) is 4. The van der Waals surface area contributed by atoms with Crippen molar-refractivity contribution in [3.05, 3.63) is 95.0 Å². The third kappa shape index (κ3) is 5.16. The van der Waals surface area contributed by atoms with E-state index in [0.29, 0.717) is 11.6 Å². The van der Waals surface area contributed by atoms with Gasteiger partial charge in [-0.05, 0) is 36.2 Å². The van der Waals surface area contributed by atoms with Crippen LogP contribution in [0.2, 0.25) is 5.02 Å². The number of carbonyl (C=O) groups is 1. The molecule has 0 saturated carbocycles. The SMILES string of the molecule is CC(=NNC(=O)CSc1nc2ccccc2n1Cc1ccccc1Cl)c1ccccc1. The molecule has 4 aromatic rings. The summed E-state index contributed by atoms with van der Waals surface area (Å²) in [5, 5.41) is 5.68. The monoisotopic (exact) mass is 448 g/mol. The van der Waals surface area contributed by atoms with E-state index in [1.54, 1.807) is 0 Å². The maximum atomic E-state index is 12.4. The number of amides is 1. The minimum Gasteiger partial charge on any atom is -0.314 e. The number of nitrogens with zero attached hydrogens (tertiary/aromatic N) is 3. The molecule has 4 rings (SSSR count). The zero-order chi connectivity index (χ0) is 21.6. The maximum Gasteiger partial charge on any atom is 0.250 e. The molecular formula is C24H21ClN4OS. The summed E-state index contributed by atoms with van der Waals surface area (Å²) in [4.78, 5) is 17.1. The molecule has 0 aliphatic heterocycles. The minimum atomic E-state index is -0.184. The Labute approximate surface area is 190 Å². The maximum absolute atomic E-state index is 12.4. The molecule has 0 atom stereocenters. The second kappa shape index (κ2) is 9.81. The molecule has 1 aromatic heterocycles. The fourth-order valence-electron chi connectivity index (χ4n) is 3.17. The highest BCUT2D eigenvalue weighted by Crippen LogP contribution is 2.27. The number of imidazole rings is 1. The highest BCUT2D eigenvalue weighted by Gasteiger charge is 2.14. The van der Waals surface area contributed by atoms with E-state index in [4.69, 9.17) is 16.6 Å². The number of rotatable bonds is 7. The first-order chi connectivity index (χ1) is 15.1. The molecule has 0 fully saturated rings. The Kier molecular flexibility index (Phi) is 6.70. The molecule has 5 nitrogen and oxygen atoms in total. The van der Waals surface area contributed by atoms with Crippen LogP contribution in [0.4, 0.5) is 0 Å². The lowest BCUT2D eigenvalue weighted by atomic mass is 10.1. The van der Waals surface area contributed by atoms with Crippen LogP contribution >= 0.6 is 23.4 Å². The van der Waals surface area contributed by atoms with Gasteiger partial charge in [0.05, 0.1) is 29.0 Å². The largest absolute Gasteiger partial charge is 0.314 e. The van der Waals surface area contributed by atoms with Crippen LogP contribution in [0.3, 0.4) is 0 Å². The van der Waals surface area contributed by atoms with E-state index in [1.165, 1.54) is 11.8 Å². The molecule has 0 radical (unpaired) electrons. The van der Waals surface area contributed by atoms with E-state index in [-0.39, 0.29) is 11.7 Å². The number of nitrogens with one attached hydrogen (secondary N) is 1. The molecule has 0 spiro atoms. The molecule has 3 aromatic carbocycles. The lowest BCUT2D eigenvalue weighted by Gasteiger charge is -2.10. The average Bonchev–Trinajstić information content (AvgIpc) is 3.15. The lowest BCUT2D eigenvalue weighted by molar-refractivity contribution is -0.118. The van der Waals surface area contributed by atoms with Crippen LogP contribution in [-0.2, 0) is 11.3 Å². The molecule has 7 heteroatoms. The van der Waals surface area contributed by atoms with Gasteiger partial charge in [0.25, 0.3) is 5.91 Å². The Morgan fingerprint density at radius 2 is 1.74 bits per heavy atom. The van der Waals surface area contributed by atoms with Crippen molar-refractivity contribution in [2.75, 3.05) is 5.75 Å². The normalized spacial score (nSPS) is 11.6. The molecule has 0 unspecified atom stereocenters. The Morgan fingerprint density at radius 3 is 2.55 bits per heavy atom. The van der Waals surface area contributed by atoms with Gasteiger partial charge in [-0.1, -0.05) is 84.0 Å². The van der Waals surface area contributed by atoms with E-state index >= 15 is 0 Å². The van der Waals surface area contributed by atoms with E-state index < -0.39 is 0 Å². The molecule has 0 saturated heterocycles. The number of aromatic nitrogens is 2. The van der Waals surface area contributed by atoms with Crippen molar-refractivity contribution in [1.82, 2.24) is 15.0 Å². The molecule has 156 valence electrons. The van der Waals surface area contributed by atoms with Crippen LogP contribution < -0.4 is 5.43 Å². The number of para-hydroxylation sites is 2. The molecule has 1 amide bonds. The standard InChI is InChI=1S/C24H21ClN4OS/c1-17(18-9-3-2-4-10-18)27-28-23(30)16-31-24-26-21-13-7-8-14-22(21)29(24)15-19-11-5-6-12-20(19)25/h2-14H,15-16H2,1H3,(H,28,30). The number of thioether (sulfide) groups is 1. The summed E-state index contributed by atoms with van der Waals surface area (Å²) >= 11 is 7.76. The first kappa shape index (κ1) is 21.2. The van der Waals surface area contributed by atoms with Crippen LogP contribution in [0.15, 0.2) is 89.1 Å². The summed E-state index contributed by atoms with van der Waals surface area (Å²) in [7, 11) is 0. The fourth-order valence-corrected chi connectivity index (χ4v) is 4.17. The molecular weight excluding hydrogens is 428 g/mol. The second-order valence-corrected chi connectivity index (χ2v) is 8.30. The average molecular weight is 449 g/mol. The zero-order valence-electron chi connectivity index (χ0n) is 17.0. The summed E-state index contributed by atoms with van der Waals surface area (Å²) in [6, 6.07) is 25.4. The molecule has 31 heavy (non-hydrogen) atoms. The van der Waals surface area contributed by atoms with E-state index in [1.807, 2.05) is 85.8 Å². The summed E-state index contributed by atoms with van der Waals surface area (Å²) in [5.74, 6) is 0.0221. The van der Waals surface area contributed by atoms with E-state index in [0.717, 1.165) is 33.0 Å². The van der Waals surface area contributed by atoms with Crippen molar-refractivity contribution in [1.29, 1.82) is 0 Å². The van der Waals surface area contributed by atoms with Gasteiger partial charge in [-0.25, -0.2) is 10.4 Å². The quantitative estimate of drug-likeness (QED) is 0.235. The summed E-state index contributed by atoms with van der Waals surface area (Å²) < 4.78 is 2.09. The molecule has 1 N–H and O–H groups in total. The van der Waals surface area contributed by atoms with Gasteiger partial charge >= 0.3 is 0 Å². The van der Waals surface area contributed by atoms with Crippen LogP contribution in [0.1, 0.15) is 18.1 Å². The predicted octanol–water partition coefficient (Wildman–Crippen LogP) is 5.37. The smallest absolute Gasteiger partial charge is 0.250 e. The number of carbonyl (C=O) groups excluding carboxylic acids is 1. The van der Waals surface area contributed by atoms with Gasteiger partial charge in [0.2, 0.25) is 0 Å². The van der Waals surface area contributed by atoms with Crippen LogP contribution in [-0.4, -0.2) is 26.9 Å².